The molecule has 2 heterocycles. The van der Waals surface area contributed by atoms with Gasteiger partial charge in [-0.15, -0.1) is 5.06 Å². The molecule has 7 heteroatoms. The van der Waals surface area contributed by atoms with Crippen LogP contribution >= 0.6 is 0 Å². The van der Waals surface area contributed by atoms with E-state index in [0.29, 0.717) is 38.5 Å². The summed E-state index contributed by atoms with van der Waals surface area (Å²) in [6, 6.07) is 9.99. The predicted octanol–water partition coefficient (Wildman–Crippen LogP) is 2.68. The largest absolute Gasteiger partial charge is 0.483 e. The molecule has 27 heavy (non-hydrogen) atoms. The molecule has 1 saturated heterocycles. The van der Waals surface area contributed by atoms with Crippen molar-refractivity contribution in [2.75, 3.05) is 31.1 Å². The van der Waals surface area contributed by atoms with Crippen LogP contribution in [0.15, 0.2) is 42.9 Å². The number of ether oxygens (including phenoxy) is 1. The van der Waals surface area contributed by atoms with Gasteiger partial charge < -0.3 is 14.5 Å². The van der Waals surface area contributed by atoms with E-state index in [1.807, 2.05) is 51.1 Å². The molecule has 2 aromatic rings. The summed E-state index contributed by atoms with van der Waals surface area (Å²) in [7, 11) is 0. The number of carbonyl (C=O) groups is 1. The highest BCUT2D eigenvalue weighted by Gasteiger charge is 2.28. The summed E-state index contributed by atoms with van der Waals surface area (Å²) in [5.74, 6) is 1.20. The minimum Gasteiger partial charge on any atom is -0.483 e. The van der Waals surface area contributed by atoms with Gasteiger partial charge in [-0.3, -0.25) is 0 Å². The molecule has 3 rings (SSSR count). The lowest BCUT2D eigenvalue weighted by Gasteiger charge is -2.35. The Bertz CT molecular complexity index is 753. The van der Waals surface area contributed by atoms with Gasteiger partial charge in [0, 0.05) is 13.1 Å². The monoisotopic (exact) mass is 370 g/mol. The zero-order valence-corrected chi connectivity index (χ0v) is 16.1. The highest BCUT2D eigenvalue weighted by atomic mass is 16.7. The number of piperazine rings is 1. The van der Waals surface area contributed by atoms with Crippen LogP contribution in [0.25, 0.3) is 0 Å². The Morgan fingerprint density at radius 1 is 1.11 bits per heavy atom. The lowest BCUT2D eigenvalue weighted by molar-refractivity contribution is -0.201. The van der Waals surface area contributed by atoms with Gasteiger partial charge in [0.25, 0.3) is 0 Å². The Labute approximate surface area is 159 Å². The molecule has 0 atom stereocenters. The van der Waals surface area contributed by atoms with E-state index in [1.54, 1.807) is 11.3 Å². The first kappa shape index (κ1) is 19.1. The first-order valence-corrected chi connectivity index (χ1v) is 9.12. The van der Waals surface area contributed by atoms with Gasteiger partial charge in [0.15, 0.2) is 11.6 Å². The Kier molecular flexibility index (Phi) is 5.91. The number of rotatable bonds is 5. The van der Waals surface area contributed by atoms with Crippen LogP contribution in [0.3, 0.4) is 0 Å². The summed E-state index contributed by atoms with van der Waals surface area (Å²) < 4.78 is 5.95. The van der Waals surface area contributed by atoms with Crippen LogP contribution in [-0.4, -0.2) is 47.2 Å². The van der Waals surface area contributed by atoms with Gasteiger partial charge in [0.2, 0.25) is 0 Å². The smallest absolute Gasteiger partial charge is 0.330 e. The number of carbonyl (C=O) groups excluding carboxylic acids is 1. The Morgan fingerprint density at radius 3 is 2.48 bits per heavy atom. The SMILES string of the molecule is CC(C)(C)C(=O)ON1CCN(c2ncncc2OCc2ccccc2)CC1. The molecule has 0 bridgehead atoms. The van der Waals surface area contributed by atoms with E-state index in [4.69, 9.17) is 9.57 Å². The molecule has 0 spiro atoms. The molecule has 0 aliphatic carbocycles. The second-order valence-electron chi connectivity index (χ2n) is 7.53. The molecule has 7 nitrogen and oxygen atoms in total. The normalized spacial score (nSPS) is 15.4. The van der Waals surface area contributed by atoms with E-state index in [2.05, 4.69) is 14.9 Å². The predicted molar refractivity (Wildman–Crippen MR) is 102 cm³/mol. The van der Waals surface area contributed by atoms with E-state index in [9.17, 15) is 4.79 Å². The molecule has 0 amide bonds. The molecule has 144 valence electrons. The average molecular weight is 370 g/mol. The van der Waals surface area contributed by atoms with Crippen LogP contribution in [0, 0.1) is 5.41 Å². The van der Waals surface area contributed by atoms with E-state index < -0.39 is 5.41 Å². The highest BCUT2D eigenvalue weighted by Crippen LogP contribution is 2.26. The average Bonchev–Trinajstić information content (AvgIpc) is 2.67. The fraction of sp³-hybridized carbons (Fsp3) is 0.450. The molecule has 0 unspecified atom stereocenters. The van der Waals surface area contributed by atoms with Crippen molar-refractivity contribution >= 4 is 11.8 Å². The van der Waals surface area contributed by atoms with Crippen molar-refractivity contribution in [3.05, 3.63) is 48.4 Å². The molecule has 0 N–H and O–H groups in total. The van der Waals surface area contributed by atoms with Crippen molar-refractivity contribution in [1.82, 2.24) is 15.0 Å². The maximum Gasteiger partial charge on any atom is 0.330 e. The maximum absolute atomic E-state index is 12.0. The number of hydrogen-bond acceptors (Lipinski definition) is 7. The van der Waals surface area contributed by atoms with Crippen molar-refractivity contribution in [2.45, 2.75) is 27.4 Å². The Hall–Kier alpha value is -2.67. The molecule has 1 fully saturated rings. The molecule has 0 radical (unpaired) electrons. The number of hydroxylamine groups is 2. The molecule has 1 aromatic heterocycles. The van der Waals surface area contributed by atoms with E-state index in [-0.39, 0.29) is 5.97 Å². The summed E-state index contributed by atoms with van der Waals surface area (Å²) >= 11 is 0. The number of aromatic nitrogens is 2. The molecule has 1 aliphatic heterocycles. The third-order valence-corrected chi connectivity index (χ3v) is 4.26. The maximum atomic E-state index is 12.0. The van der Waals surface area contributed by atoms with Crippen LogP contribution in [0.2, 0.25) is 0 Å². The van der Waals surface area contributed by atoms with Gasteiger partial charge in [-0.1, -0.05) is 30.3 Å². The van der Waals surface area contributed by atoms with E-state index in [1.165, 1.54) is 6.33 Å². The minimum atomic E-state index is -0.512. The highest BCUT2D eigenvalue weighted by molar-refractivity contribution is 5.75. The molecule has 0 saturated carbocycles. The zero-order chi connectivity index (χ0) is 19.3. The standard InChI is InChI=1S/C20H26N4O3/c1-20(2,3)19(25)27-24-11-9-23(10-12-24)18-17(13-21-15-22-18)26-14-16-7-5-4-6-8-16/h4-8,13,15H,9-12,14H2,1-3H3. The topological polar surface area (TPSA) is 67.8 Å². The van der Waals surface area contributed by atoms with Crippen LogP contribution in [0.1, 0.15) is 26.3 Å². The number of nitrogens with zero attached hydrogens (tertiary/aromatic N) is 4. The number of anilines is 1. The first-order valence-electron chi connectivity index (χ1n) is 9.12. The van der Waals surface area contributed by atoms with Gasteiger partial charge in [-0.2, -0.15) is 0 Å². The van der Waals surface area contributed by atoms with Crippen molar-refractivity contribution in [3.8, 4) is 5.75 Å². The second kappa shape index (κ2) is 8.35. The van der Waals surface area contributed by atoms with Crippen LogP contribution in [-0.2, 0) is 16.2 Å². The minimum absolute atomic E-state index is 0.218. The summed E-state index contributed by atoms with van der Waals surface area (Å²) in [4.78, 5) is 28.1. The molecule has 1 aliphatic rings. The first-order chi connectivity index (χ1) is 12.9. The lowest BCUT2D eigenvalue weighted by Crippen LogP contribution is -2.48. The fourth-order valence-corrected chi connectivity index (χ4v) is 2.63. The van der Waals surface area contributed by atoms with Crippen molar-refractivity contribution in [1.29, 1.82) is 0 Å². The number of hydrogen-bond donors (Lipinski definition) is 0. The van der Waals surface area contributed by atoms with Gasteiger partial charge in [-0.05, 0) is 26.3 Å². The number of benzene rings is 1. The summed E-state index contributed by atoms with van der Waals surface area (Å²) in [6.07, 6.45) is 3.22. The fourth-order valence-electron chi connectivity index (χ4n) is 2.63. The van der Waals surface area contributed by atoms with Crippen molar-refractivity contribution < 1.29 is 14.4 Å². The van der Waals surface area contributed by atoms with Crippen molar-refractivity contribution in [3.63, 3.8) is 0 Å². The summed E-state index contributed by atoms with van der Waals surface area (Å²) in [6.45, 7) is 8.62. The van der Waals surface area contributed by atoms with Gasteiger partial charge in [0.05, 0.1) is 24.7 Å². The van der Waals surface area contributed by atoms with Gasteiger partial charge in [-0.25, -0.2) is 14.8 Å². The second-order valence-corrected chi connectivity index (χ2v) is 7.53. The van der Waals surface area contributed by atoms with E-state index in [0.717, 1.165) is 11.4 Å². The Morgan fingerprint density at radius 2 is 1.81 bits per heavy atom. The molecule has 1 aromatic carbocycles. The zero-order valence-electron chi connectivity index (χ0n) is 16.1. The lowest BCUT2D eigenvalue weighted by atomic mass is 9.98. The molecular weight excluding hydrogens is 344 g/mol. The van der Waals surface area contributed by atoms with Gasteiger partial charge >= 0.3 is 5.97 Å². The third kappa shape index (κ3) is 5.17. The quantitative estimate of drug-likeness (QED) is 0.801. The van der Waals surface area contributed by atoms with Crippen LogP contribution in [0.4, 0.5) is 5.82 Å². The van der Waals surface area contributed by atoms with Gasteiger partial charge in [0.1, 0.15) is 12.9 Å². The summed E-state index contributed by atoms with van der Waals surface area (Å²) in [5, 5.41) is 1.72. The summed E-state index contributed by atoms with van der Waals surface area (Å²) in [5.41, 5.74) is 0.577. The van der Waals surface area contributed by atoms with E-state index >= 15 is 0 Å². The van der Waals surface area contributed by atoms with Crippen LogP contribution in [0.5, 0.6) is 5.75 Å². The third-order valence-electron chi connectivity index (χ3n) is 4.26. The molecular formula is C20H26N4O3. The van der Waals surface area contributed by atoms with Crippen LogP contribution < -0.4 is 9.64 Å². The van der Waals surface area contributed by atoms with Crippen molar-refractivity contribution in [2.24, 2.45) is 5.41 Å². The Balaban J connectivity index is 1.59.